The van der Waals surface area contributed by atoms with Gasteiger partial charge in [-0.25, -0.2) is 4.79 Å². The number of anilines is 1. The van der Waals surface area contributed by atoms with Gasteiger partial charge in [-0.3, -0.25) is 14.9 Å². The van der Waals surface area contributed by atoms with Crippen molar-refractivity contribution in [3.05, 3.63) is 69.3 Å². The fourth-order valence-corrected chi connectivity index (χ4v) is 2.61. The van der Waals surface area contributed by atoms with Gasteiger partial charge in [-0.15, -0.1) is 0 Å². The van der Waals surface area contributed by atoms with Gasteiger partial charge < -0.3 is 10.1 Å². The molecule has 1 N–H and O–H groups in total. The number of nitrogens with one attached hydrogen (secondary N) is 1. The summed E-state index contributed by atoms with van der Waals surface area (Å²) < 4.78 is 5.00. The highest BCUT2D eigenvalue weighted by atomic mass is 16.6. The molecule has 2 aromatic rings. The van der Waals surface area contributed by atoms with Crippen LogP contribution < -0.4 is 5.32 Å². The molecule has 0 spiro atoms. The lowest BCUT2D eigenvalue weighted by Gasteiger charge is -2.10. The normalized spacial score (nSPS) is 10.5. The van der Waals surface area contributed by atoms with Crippen LogP contribution in [0.3, 0.4) is 0 Å². The van der Waals surface area contributed by atoms with Crippen LogP contribution in [0.1, 0.15) is 35.3 Å². The number of nitro benzene ring substituents is 1. The fourth-order valence-electron chi connectivity index (χ4n) is 2.61. The molecule has 0 aromatic heterocycles. The summed E-state index contributed by atoms with van der Waals surface area (Å²) in [6.07, 6.45) is 0.910. The van der Waals surface area contributed by atoms with Crippen LogP contribution in [0.15, 0.2) is 42.5 Å². The highest BCUT2D eigenvalue weighted by Crippen LogP contribution is 2.27. The molecule has 2 aromatic carbocycles. The van der Waals surface area contributed by atoms with Crippen molar-refractivity contribution in [1.29, 1.82) is 0 Å². The molecule has 142 valence electrons. The maximum atomic E-state index is 12.1. The molecule has 0 saturated carbocycles. The number of nitro groups is 1. The number of hydrogen-bond acceptors (Lipinski definition) is 5. The number of carbonyl (C=O) groups is 2. The summed E-state index contributed by atoms with van der Waals surface area (Å²) in [7, 11) is 0. The predicted octanol–water partition coefficient (Wildman–Crippen LogP) is 3.90. The zero-order chi connectivity index (χ0) is 20.0. The van der Waals surface area contributed by atoms with Crippen LogP contribution in [-0.2, 0) is 16.0 Å². The summed E-state index contributed by atoms with van der Waals surface area (Å²) in [6, 6.07) is 11.5. The van der Waals surface area contributed by atoms with Gasteiger partial charge in [0, 0.05) is 6.07 Å². The second-order valence-corrected chi connectivity index (χ2v) is 6.65. The molecule has 0 aliphatic heterocycles. The van der Waals surface area contributed by atoms with Crippen molar-refractivity contribution in [3.63, 3.8) is 0 Å². The van der Waals surface area contributed by atoms with E-state index >= 15 is 0 Å². The summed E-state index contributed by atoms with van der Waals surface area (Å²) >= 11 is 0. The van der Waals surface area contributed by atoms with Gasteiger partial charge in [-0.2, -0.15) is 0 Å². The summed E-state index contributed by atoms with van der Waals surface area (Å²) in [5.74, 6) is -0.755. The molecule has 1 amide bonds. The van der Waals surface area contributed by atoms with Crippen molar-refractivity contribution in [2.24, 2.45) is 5.92 Å². The first-order valence-electron chi connectivity index (χ1n) is 8.58. The van der Waals surface area contributed by atoms with Crippen LogP contribution in [0.25, 0.3) is 0 Å². The maximum Gasteiger partial charge on any atom is 0.338 e. The lowest BCUT2D eigenvalue weighted by Crippen LogP contribution is -2.22. The Morgan fingerprint density at radius 2 is 1.81 bits per heavy atom. The number of aryl methyl sites for hydroxylation is 1. The van der Waals surface area contributed by atoms with Gasteiger partial charge >= 0.3 is 5.97 Å². The van der Waals surface area contributed by atoms with Gasteiger partial charge in [0.1, 0.15) is 5.69 Å². The van der Waals surface area contributed by atoms with Crippen LogP contribution in [0.5, 0.6) is 0 Å². The molecule has 0 saturated heterocycles. The molecule has 0 aliphatic carbocycles. The van der Waals surface area contributed by atoms with E-state index in [0.717, 1.165) is 12.0 Å². The van der Waals surface area contributed by atoms with E-state index in [1.807, 2.05) is 12.1 Å². The Hall–Kier alpha value is -3.22. The Morgan fingerprint density at radius 3 is 2.41 bits per heavy atom. The SMILES string of the molecule is Cc1cccc([N+](=O)[O-])c1NC(=O)COC(=O)c1ccc(CC(C)C)cc1. The molecule has 2 rings (SSSR count). The van der Waals surface area contributed by atoms with E-state index in [9.17, 15) is 19.7 Å². The highest BCUT2D eigenvalue weighted by molar-refractivity contribution is 5.97. The van der Waals surface area contributed by atoms with Crippen molar-refractivity contribution in [3.8, 4) is 0 Å². The van der Waals surface area contributed by atoms with Crippen molar-refractivity contribution in [2.45, 2.75) is 27.2 Å². The molecule has 0 unspecified atom stereocenters. The minimum absolute atomic E-state index is 0.0987. The van der Waals surface area contributed by atoms with Gasteiger partial charge in [0.05, 0.1) is 10.5 Å². The molecule has 27 heavy (non-hydrogen) atoms. The summed E-state index contributed by atoms with van der Waals surface area (Å²) in [6.45, 7) is 5.34. The minimum atomic E-state index is -0.642. The van der Waals surface area contributed by atoms with Gasteiger partial charge in [0.15, 0.2) is 6.61 Å². The molecule has 7 nitrogen and oxygen atoms in total. The molecule has 0 radical (unpaired) electrons. The Bertz CT molecular complexity index is 844. The van der Waals surface area contributed by atoms with Crippen molar-refractivity contribution in [2.75, 3.05) is 11.9 Å². The molecule has 7 heteroatoms. The third kappa shape index (κ3) is 5.64. The van der Waals surface area contributed by atoms with Crippen LogP contribution in [0.4, 0.5) is 11.4 Å². The lowest BCUT2D eigenvalue weighted by atomic mass is 10.0. The Morgan fingerprint density at radius 1 is 1.15 bits per heavy atom. The maximum absolute atomic E-state index is 12.1. The number of benzene rings is 2. The second kappa shape index (κ2) is 8.93. The molecular formula is C20H22N2O5. The first-order chi connectivity index (χ1) is 12.8. The molecular weight excluding hydrogens is 348 g/mol. The van der Waals surface area contributed by atoms with Crippen molar-refractivity contribution >= 4 is 23.3 Å². The number of carbonyl (C=O) groups excluding carboxylic acids is 2. The van der Waals surface area contributed by atoms with Crippen LogP contribution in [0, 0.1) is 23.0 Å². The molecule has 0 fully saturated rings. The topological polar surface area (TPSA) is 98.5 Å². The molecule has 0 atom stereocenters. The van der Waals surface area contributed by atoms with Gasteiger partial charge in [0.25, 0.3) is 11.6 Å². The van der Waals surface area contributed by atoms with Crippen LogP contribution in [0.2, 0.25) is 0 Å². The van der Waals surface area contributed by atoms with E-state index in [2.05, 4.69) is 19.2 Å². The predicted molar refractivity (Wildman–Crippen MR) is 102 cm³/mol. The van der Waals surface area contributed by atoms with Gasteiger partial charge in [-0.05, 0) is 42.5 Å². The third-order valence-electron chi connectivity index (χ3n) is 3.88. The van der Waals surface area contributed by atoms with Crippen molar-refractivity contribution in [1.82, 2.24) is 0 Å². The smallest absolute Gasteiger partial charge is 0.338 e. The lowest BCUT2D eigenvalue weighted by molar-refractivity contribution is -0.384. The number of para-hydroxylation sites is 1. The van der Waals surface area contributed by atoms with Crippen LogP contribution in [-0.4, -0.2) is 23.4 Å². The number of rotatable bonds is 7. The summed E-state index contributed by atoms with van der Waals surface area (Å²) in [4.78, 5) is 34.6. The standard InChI is InChI=1S/C20H22N2O5/c1-13(2)11-15-7-9-16(10-8-15)20(24)27-12-18(23)21-19-14(3)5-4-6-17(19)22(25)26/h4-10,13H,11-12H2,1-3H3,(H,21,23). The fraction of sp³-hybridized carbons (Fsp3) is 0.300. The molecule has 0 heterocycles. The zero-order valence-electron chi connectivity index (χ0n) is 15.5. The Balaban J connectivity index is 1.96. The summed E-state index contributed by atoms with van der Waals surface area (Å²) in [5, 5.41) is 13.5. The number of ether oxygens (including phenoxy) is 1. The van der Waals surface area contributed by atoms with Crippen LogP contribution >= 0.6 is 0 Å². The Labute approximate surface area is 157 Å². The Kier molecular flexibility index (Phi) is 6.65. The number of esters is 1. The average molecular weight is 370 g/mol. The average Bonchev–Trinajstić information content (AvgIpc) is 2.61. The first kappa shape index (κ1) is 20.1. The van der Waals surface area contributed by atoms with E-state index in [1.54, 1.807) is 25.1 Å². The van der Waals surface area contributed by atoms with Gasteiger partial charge in [0.2, 0.25) is 0 Å². The molecule has 0 aliphatic rings. The zero-order valence-corrected chi connectivity index (χ0v) is 15.5. The van der Waals surface area contributed by atoms with E-state index in [1.165, 1.54) is 12.1 Å². The van der Waals surface area contributed by atoms with E-state index in [-0.39, 0.29) is 11.4 Å². The quantitative estimate of drug-likeness (QED) is 0.453. The van der Waals surface area contributed by atoms with E-state index in [0.29, 0.717) is 17.0 Å². The number of hydrogen-bond donors (Lipinski definition) is 1. The number of nitrogens with zero attached hydrogens (tertiary/aromatic N) is 1. The van der Waals surface area contributed by atoms with Crippen molar-refractivity contribution < 1.29 is 19.2 Å². The minimum Gasteiger partial charge on any atom is -0.452 e. The monoisotopic (exact) mass is 370 g/mol. The second-order valence-electron chi connectivity index (χ2n) is 6.65. The summed E-state index contributed by atoms with van der Waals surface area (Å²) in [5.41, 5.74) is 1.89. The number of amides is 1. The molecule has 0 bridgehead atoms. The van der Waals surface area contributed by atoms with E-state index < -0.39 is 23.4 Å². The third-order valence-corrected chi connectivity index (χ3v) is 3.88. The first-order valence-corrected chi connectivity index (χ1v) is 8.58. The van der Waals surface area contributed by atoms with E-state index in [4.69, 9.17) is 4.74 Å². The largest absolute Gasteiger partial charge is 0.452 e. The highest BCUT2D eigenvalue weighted by Gasteiger charge is 2.18. The van der Waals surface area contributed by atoms with Gasteiger partial charge in [-0.1, -0.05) is 38.1 Å².